The molecule has 6 aromatic heterocycles. The first-order valence-electron chi connectivity index (χ1n) is 35.4. The van der Waals surface area contributed by atoms with Crippen LogP contribution in [-0.2, 0) is 24.9 Å². The highest BCUT2D eigenvalue weighted by molar-refractivity contribution is 8.16. The fraction of sp³-hybridized carbons (Fsp3) is 0.133. The summed E-state index contributed by atoms with van der Waals surface area (Å²) in [6.45, 7) is 17.9. The number of thiophene rings is 2. The smallest absolute Gasteiger partial charge is 0.123 e. The van der Waals surface area contributed by atoms with E-state index in [2.05, 4.69) is 218 Å². The molecule has 4 aliphatic heterocycles. The largest absolute Gasteiger partial charge is 0.330 e. The van der Waals surface area contributed by atoms with Crippen molar-refractivity contribution in [3.8, 4) is 0 Å². The van der Waals surface area contributed by atoms with Crippen LogP contribution in [-0.4, -0.2) is 19.1 Å². The number of benzene rings is 8. The molecular weight excluding hydrogens is 1460 g/mol. The van der Waals surface area contributed by atoms with Gasteiger partial charge >= 0.3 is 0 Å². The van der Waals surface area contributed by atoms with Gasteiger partial charge in [0.25, 0.3) is 0 Å². The van der Waals surface area contributed by atoms with Crippen molar-refractivity contribution in [3.63, 3.8) is 0 Å². The molecule has 4 aliphatic rings. The van der Waals surface area contributed by atoms with Gasteiger partial charge in [0.1, 0.15) is 65.0 Å². The third-order valence-electron chi connectivity index (χ3n) is 19.9. The number of halogens is 4. The lowest BCUT2D eigenvalue weighted by Gasteiger charge is -2.30. The van der Waals surface area contributed by atoms with Crippen molar-refractivity contribution in [1.82, 2.24) is 19.1 Å². The SMILES string of the molecule is CC1=C(c2ccc(C(C)(C)C)cn2)S/C(=C2/SC(c3ccc(C(C)(C)C)cn3)=C(C)N2c2cc3ccccc3s2)N1c1cc2ccccc2s1.Cn1c(N2C(c3ccc(F)cc3)=C(c3ccc(F)cc3)S/C2=C2/SC(c3ccc(F)cc3)=C(c3ccc(F)cc3)N2c2cc3ccccc3n2C)cc2ccccc21. The number of aromatic nitrogens is 4. The first-order chi connectivity index (χ1) is 52.1. The Bertz CT molecular complexity index is 5670. The lowest BCUT2D eigenvalue weighted by Crippen LogP contribution is -2.25. The van der Waals surface area contributed by atoms with E-state index in [4.69, 9.17) is 9.97 Å². The summed E-state index contributed by atoms with van der Waals surface area (Å²) in [6, 6.07) is 77.3. The van der Waals surface area contributed by atoms with Gasteiger partial charge in [0.05, 0.1) is 32.6 Å². The van der Waals surface area contributed by atoms with Gasteiger partial charge in [-0.2, -0.15) is 0 Å². The second kappa shape index (κ2) is 28.1. The van der Waals surface area contributed by atoms with Crippen LogP contribution in [0.25, 0.3) is 73.0 Å². The maximum Gasteiger partial charge on any atom is 0.123 e. The molecule has 0 aliphatic carbocycles. The predicted molar refractivity (Wildman–Crippen MR) is 454 cm³/mol. The van der Waals surface area contributed by atoms with Crippen molar-refractivity contribution in [2.24, 2.45) is 14.1 Å². The third-order valence-corrected chi connectivity index (χ3v) is 27.3. The molecule has 18 heteroatoms. The number of para-hydroxylation sites is 2. The molecule has 108 heavy (non-hydrogen) atoms. The Morgan fingerprint density at radius 1 is 0.324 bits per heavy atom. The molecule has 0 amide bonds. The molecule has 10 heterocycles. The lowest BCUT2D eigenvalue weighted by molar-refractivity contribution is 0.587. The molecule has 0 saturated heterocycles. The molecule has 0 atom stereocenters. The molecule has 8 aromatic carbocycles. The summed E-state index contributed by atoms with van der Waals surface area (Å²) in [7, 11) is 4.05. The standard InChI is InChI=1S/C48H32F4N4S2.C42H40N4S4/c1-53-39-9-5-3-7-33(39)27-41(53)55-43(29-11-19-35(49)20-12-29)45(31-15-23-37(51)24-16-31)57-47(55)48-56(42-28-34-8-4-6-10-40(34)54(42)2)44(30-13-21-36(50)22-14-30)46(58-48)32-17-25-38(52)26-18-32;1-25-37(31-19-17-29(23-43-31)41(3,4)5)49-39(45(25)35-21-27-13-9-11-15-33(27)47-35)40-46(36-22-28-14-10-12-16-34(28)48-36)26(2)38(50-40)32-20-18-30(24-44-32)42(6,7)8/h3-28H,1-2H3;9-24H,1-8H3/b48-47+;40-39+. The van der Waals surface area contributed by atoms with E-state index >= 15 is 0 Å². The molecule has 8 nitrogen and oxygen atoms in total. The van der Waals surface area contributed by atoms with Crippen molar-refractivity contribution in [1.29, 1.82) is 0 Å². The maximum atomic E-state index is 14.7. The Balaban J connectivity index is 0.000000160. The van der Waals surface area contributed by atoms with Crippen LogP contribution in [0.4, 0.5) is 39.2 Å². The van der Waals surface area contributed by atoms with E-state index in [0.717, 1.165) is 98.3 Å². The molecule has 0 N–H and O–H groups in total. The van der Waals surface area contributed by atoms with Gasteiger partial charge in [0.2, 0.25) is 0 Å². The molecule has 14 aromatic rings. The highest BCUT2D eigenvalue weighted by atomic mass is 32.2. The first kappa shape index (κ1) is 70.8. The van der Waals surface area contributed by atoms with Gasteiger partial charge in [-0.25, -0.2) is 17.6 Å². The molecule has 0 saturated carbocycles. The summed E-state index contributed by atoms with van der Waals surface area (Å²) >= 11 is 10.4. The van der Waals surface area contributed by atoms with Gasteiger partial charge in [-0.3, -0.25) is 29.6 Å². The fourth-order valence-corrected chi connectivity index (χ4v) is 21.7. The molecule has 18 rings (SSSR count). The normalized spacial score (nSPS) is 16.6. The minimum atomic E-state index is -0.363. The zero-order valence-electron chi connectivity index (χ0n) is 60.8. The minimum Gasteiger partial charge on any atom is -0.330 e. The number of hydrogen-bond acceptors (Lipinski definition) is 12. The number of pyridine rings is 2. The summed E-state index contributed by atoms with van der Waals surface area (Å²) in [5, 5.41) is 11.0. The fourth-order valence-electron chi connectivity index (χ4n) is 14.1. The number of rotatable bonds is 10. The Labute approximate surface area is 650 Å². The Kier molecular flexibility index (Phi) is 18.4. The van der Waals surface area contributed by atoms with E-state index in [-0.39, 0.29) is 34.1 Å². The second-order valence-electron chi connectivity index (χ2n) is 29.0. The van der Waals surface area contributed by atoms with Crippen LogP contribution in [0.2, 0.25) is 0 Å². The Morgan fingerprint density at radius 3 is 0.963 bits per heavy atom. The number of thioether (sulfide) groups is 4. The van der Waals surface area contributed by atoms with Gasteiger partial charge in [-0.1, -0.05) is 198 Å². The number of anilines is 4. The van der Waals surface area contributed by atoms with Crippen molar-refractivity contribution >= 4 is 164 Å². The van der Waals surface area contributed by atoms with Crippen LogP contribution in [0.15, 0.2) is 287 Å². The maximum absolute atomic E-state index is 14.7. The third kappa shape index (κ3) is 13.0. The van der Waals surface area contributed by atoms with Gasteiger partial charge in [0, 0.05) is 78.9 Å². The quantitative estimate of drug-likeness (QED) is 0.124. The molecule has 0 unspecified atom stereocenters. The van der Waals surface area contributed by atoms with Crippen molar-refractivity contribution in [2.45, 2.75) is 66.2 Å². The number of nitrogens with zero attached hydrogens (tertiary/aromatic N) is 8. The van der Waals surface area contributed by atoms with E-state index in [1.54, 1.807) is 72.1 Å². The van der Waals surface area contributed by atoms with Crippen LogP contribution in [0.3, 0.4) is 0 Å². The zero-order chi connectivity index (χ0) is 74.6. The molecule has 0 fully saturated rings. The second-order valence-corrected chi connectivity index (χ2v) is 35.2. The predicted octanol–water partition coefficient (Wildman–Crippen LogP) is 26.4. The molecule has 0 bridgehead atoms. The zero-order valence-corrected chi connectivity index (χ0v) is 65.7. The van der Waals surface area contributed by atoms with Crippen LogP contribution in [0.5, 0.6) is 0 Å². The molecule has 536 valence electrons. The summed E-state index contributed by atoms with van der Waals surface area (Å²) in [4.78, 5) is 23.5. The van der Waals surface area contributed by atoms with E-state index in [1.807, 2.05) is 84.6 Å². The molecule has 0 radical (unpaired) electrons. The minimum absolute atomic E-state index is 0.0397. The van der Waals surface area contributed by atoms with Crippen LogP contribution < -0.4 is 19.6 Å². The highest BCUT2D eigenvalue weighted by Crippen LogP contribution is 2.63. The van der Waals surface area contributed by atoms with Gasteiger partial charge < -0.3 is 9.13 Å². The Hall–Kier alpha value is -10.2. The van der Waals surface area contributed by atoms with Gasteiger partial charge in [0.15, 0.2) is 0 Å². The number of hydrogen-bond donors (Lipinski definition) is 0. The van der Waals surface area contributed by atoms with Gasteiger partial charge in [-0.05, 0) is 202 Å². The monoisotopic (exact) mass is 1530 g/mol. The molecular formula is C90H72F4N8S6. The van der Waals surface area contributed by atoms with E-state index < -0.39 is 0 Å². The summed E-state index contributed by atoms with van der Waals surface area (Å²) in [6.07, 6.45) is 4.10. The number of fused-ring (bicyclic) bond motifs is 4. The van der Waals surface area contributed by atoms with E-state index in [0.29, 0.717) is 0 Å². The lowest BCUT2D eigenvalue weighted by atomic mass is 9.88. The van der Waals surface area contributed by atoms with E-state index in [1.165, 1.54) is 121 Å². The highest BCUT2D eigenvalue weighted by Gasteiger charge is 2.44. The van der Waals surface area contributed by atoms with E-state index in [9.17, 15) is 17.6 Å². The van der Waals surface area contributed by atoms with Crippen molar-refractivity contribution in [3.05, 3.63) is 355 Å². The average Bonchev–Trinajstić information content (AvgIpc) is 1.54. The van der Waals surface area contributed by atoms with Crippen LogP contribution >= 0.6 is 69.7 Å². The van der Waals surface area contributed by atoms with Gasteiger partial charge in [-0.15, -0.1) is 22.7 Å². The van der Waals surface area contributed by atoms with Crippen LogP contribution in [0, 0.1) is 23.3 Å². The topological polar surface area (TPSA) is 48.6 Å². The summed E-state index contributed by atoms with van der Waals surface area (Å²) in [5.41, 5.74) is 13.7. The van der Waals surface area contributed by atoms with Crippen LogP contribution in [0.1, 0.15) is 100 Å². The van der Waals surface area contributed by atoms with Crippen molar-refractivity contribution in [2.75, 3.05) is 19.6 Å². The van der Waals surface area contributed by atoms with Crippen molar-refractivity contribution < 1.29 is 17.6 Å². The first-order valence-corrected chi connectivity index (χ1v) is 40.3. The Morgan fingerprint density at radius 2 is 0.639 bits per heavy atom. The summed E-state index contributed by atoms with van der Waals surface area (Å²) in [5.74, 6) is 0.264. The number of allylic oxidation sites excluding steroid dienone is 2. The molecule has 0 spiro atoms. The average molecular weight is 1530 g/mol. The number of aryl methyl sites for hydroxylation is 2. The summed E-state index contributed by atoms with van der Waals surface area (Å²) < 4.78 is 65.2.